The van der Waals surface area contributed by atoms with Crippen molar-refractivity contribution in [3.8, 4) is 0 Å². The Labute approximate surface area is 151 Å². The average molecular weight is 377 g/mol. The third-order valence-corrected chi connectivity index (χ3v) is 6.97. The molecule has 0 aliphatic rings. The Morgan fingerprint density at radius 3 is 2.40 bits per heavy atom. The van der Waals surface area contributed by atoms with E-state index in [-0.39, 0.29) is 16.1 Å². The zero-order chi connectivity index (χ0) is 18.4. The van der Waals surface area contributed by atoms with Crippen LogP contribution in [0.3, 0.4) is 0 Å². The fourth-order valence-electron chi connectivity index (χ4n) is 2.23. The van der Waals surface area contributed by atoms with E-state index in [0.717, 1.165) is 25.2 Å². The summed E-state index contributed by atoms with van der Waals surface area (Å²) in [6, 6.07) is 8.39. The third kappa shape index (κ3) is 3.36. The molecule has 3 aromatic rings. The summed E-state index contributed by atoms with van der Waals surface area (Å²) in [5, 5.41) is 8.86. The quantitative estimate of drug-likeness (QED) is 0.699. The molecule has 0 unspecified atom stereocenters. The first-order valence-electron chi connectivity index (χ1n) is 7.79. The van der Waals surface area contributed by atoms with Crippen LogP contribution in [0.5, 0.6) is 0 Å². The van der Waals surface area contributed by atoms with Gasteiger partial charge in [0.2, 0.25) is 0 Å². The van der Waals surface area contributed by atoms with Crippen molar-refractivity contribution in [2.75, 3.05) is 11.4 Å². The Hall–Kier alpha value is -2.06. The van der Waals surface area contributed by atoms with E-state index < -0.39 is 10.0 Å². The van der Waals surface area contributed by atoms with Gasteiger partial charge in [-0.1, -0.05) is 20.8 Å². The van der Waals surface area contributed by atoms with Gasteiger partial charge < -0.3 is 0 Å². The molecule has 0 N–H and O–H groups in total. The second-order valence-corrected chi connectivity index (χ2v) is 9.90. The SMILES string of the molecule is Cc1ccc(N(C)S(=O)(=O)c2ccc3nc(C(C)(C)C)sc3c2)nn1. The highest BCUT2D eigenvalue weighted by atomic mass is 32.2. The minimum Gasteiger partial charge on any atom is -0.251 e. The summed E-state index contributed by atoms with van der Waals surface area (Å²) in [7, 11) is -2.23. The number of sulfonamides is 1. The van der Waals surface area contributed by atoms with Crippen molar-refractivity contribution in [3.05, 3.63) is 41.0 Å². The Morgan fingerprint density at radius 2 is 1.80 bits per heavy atom. The molecule has 0 fully saturated rings. The van der Waals surface area contributed by atoms with Gasteiger partial charge in [0.05, 0.1) is 25.8 Å². The van der Waals surface area contributed by atoms with Gasteiger partial charge in [0.1, 0.15) is 0 Å². The molecule has 25 heavy (non-hydrogen) atoms. The number of hydrogen-bond acceptors (Lipinski definition) is 6. The molecule has 0 aliphatic heterocycles. The molecule has 3 rings (SSSR count). The molecular formula is C17H20N4O2S2. The topological polar surface area (TPSA) is 76.1 Å². The summed E-state index contributed by atoms with van der Waals surface area (Å²) in [5.74, 6) is 0.283. The summed E-state index contributed by atoms with van der Waals surface area (Å²) < 4.78 is 27.8. The molecule has 0 saturated heterocycles. The fraction of sp³-hybridized carbons (Fsp3) is 0.353. The van der Waals surface area contributed by atoms with E-state index in [1.54, 1.807) is 37.3 Å². The molecule has 0 atom stereocenters. The second kappa shape index (κ2) is 6.03. The molecule has 0 bridgehead atoms. The highest BCUT2D eigenvalue weighted by molar-refractivity contribution is 7.92. The minimum absolute atomic E-state index is 0.0724. The first-order valence-corrected chi connectivity index (χ1v) is 10.0. The molecule has 8 heteroatoms. The van der Waals surface area contributed by atoms with Crippen LogP contribution in [0, 0.1) is 6.92 Å². The molecule has 1 aromatic carbocycles. The zero-order valence-electron chi connectivity index (χ0n) is 14.8. The molecular weight excluding hydrogens is 356 g/mol. The number of benzene rings is 1. The van der Waals surface area contributed by atoms with Gasteiger partial charge in [-0.2, -0.15) is 5.10 Å². The van der Waals surface area contributed by atoms with Gasteiger partial charge in [-0.3, -0.25) is 4.31 Å². The molecule has 132 valence electrons. The standard InChI is InChI=1S/C17H20N4O2S2/c1-11-6-9-15(20-19-11)21(5)25(22,23)12-7-8-13-14(10-12)24-16(18-13)17(2,3)4/h6-10H,1-5H3. The highest BCUT2D eigenvalue weighted by Gasteiger charge is 2.24. The maximum atomic E-state index is 12.9. The Morgan fingerprint density at radius 1 is 1.08 bits per heavy atom. The van der Waals surface area contributed by atoms with E-state index in [9.17, 15) is 8.42 Å². The summed E-state index contributed by atoms with van der Waals surface area (Å²) >= 11 is 1.52. The number of aryl methyl sites for hydroxylation is 1. The van der Waals surface area contributed by atoms with Crippen LogP contribution in [0.25, 0.3) is 10.2 Å². The number of fused-ring (bicyclic) bond motifs is 1. The van der Waals surface area contributed by atoms with Crippen LogP contribution in [0.1, 0.15) is 31.5 Å². The molecule has 0 radical (unpaired) electrons. The second-order valence-electron chi connectivity index (χ2n) is 6.90. The largest absolute Gasteiger partial charge is 0.265 e. The van der Waals surface area contributed by atoms with Crippen molar-refractivity contribution >= 4 is 37.4 Å². The number of aromatic nitrogens is 3. The van der Waals surface area contributed by atoms with Crippen LogP contribution in [-0.4, -0.2) is 30.6 Å². The molecule has 2 heterocycles. The van der Waals surface area contributed by atoms with E-state index in [4.69, 9.17) is 0 Å². The van der Waals surface area contributed by atoms with Crippen molar-refractivity contribution in [1.29, 1.82) is 0 Å². The van der Waals surface area contributed by atoms with E-state index in [2.05, 4.69) is 36.0 Å². The van der Waals surface area contributed by atoms with Crippen molar-refractivity contribution in [2.45, 2.75) is 38.0 Å². The number of thiazole rings is 1. The van der Waals surface area contributed by atoms with Crippen LogP contribution in [0.4, 0.5) is 5.82 Å². The summed E-state index contributed by atoms with van der Waals surface area (Å²) in [4.78, 5) is 4.82. The lowest BCUT2D eigenvalue weighted by molar-refractivity contribution is 0.587. The van der Waals surface area contributed by atoms with E-state index in [1.807, 2.05) is 0 Å². The summed E-state index contributed by atoms with van der Waals surface area (Å²) in [6.45, 7) is 8.07. The van der Waals surface area contributed by atoms with Crippen LogP contribution >= 0.6 is 11.3 Å². The molecule has 0 spiro atoms. The molecule has 2 aromatic heterocycles. The summed E-state index contributed by atoms with van der Waals surface area (Å²) in [6.07, 6.45) is 0. The van der Waals surface area contributed by atoms with Crippen molar-refractivity contribution in [1.82, 2.24) is 15.2 Å². The number of hydrogen-bond donors (Lipinski definition) is 0. The average Bonchev–Trinajstić information content (AvgIpc) is 2.98. The van der Waals surface area contributed by atoms with E-state index in [0.29, 0.717) is 0 Å². The zero-order valence-corrected chi connectivity index (χ0v) is 16.4. The lowest BCUT2D eigenvalue weighted by Crippen LogP contribution is -2.27. The predicted octanol–water partition coefficient (Wildman–Crippen LogP) is 3.52. The maximum absolute atomic E-state index is 12.9. The monoisotopic (exact) mass is 376 g/mol. The number of nitrogens with zero attached hydrogens (tertiary/aromatic N) is 4. The molecule has 6 nitrogen and oxygen atoms in total. The van der Waals surface area contributed by atoms with Gasteiger partial charge in [0.25, 0.3) is 10.0 Å². The van der Waals surface area contributed by atoms with Crippen LogP contribution in [-0.2, 0) is 15.4 Å². The van der Waals surface area contributed by atoms with Crippen LogP contribution < -0.4 is 4.31 Å². The first-order chi connectivity index (χ1) is 11.6. The van der Waals surface area contributed by atoms with Gasteiger partial charge in [0, 0.05) is 12.5 Å². The Balaban J connectivity index is 2.03. The Kier molecular flexibility index (Phi) is 4.28. The molecule has 0 aliphatic carbocycles. The normalized spacial score (nSPS) is 12.5. The van der Waals surface area contributed by atoms with Crippen LogP contribution in [0.15, 0.2) is 35.2 Å². The summed E-state index contributed by atoms with van der Waals surface area (Å²) in [5.41, 5.74) is 1.47. The van der Waals surface area contributed by atoms with E-state index in [1.165, 1.54) is 18.4 Å². The lowest BCUT2D eigenvalue weighted by atomic mass is 9.98. The van der Waals surface area contributed by atoms with Gasteiger partial charge >= 0.3 is 0 Å². The number of anilines is 1. The van der Waals surface area contributed by atoms with Crippen LogP contribution in [0.2, 0.25) is 0 Å². The van der Waals surface area contributed by atoms with Crippen molar-refractivity contribution < 1.29 is 8.42 Å². The third-order valence-electron chi connectivity index (χ3n) is 3.77. The van der Waals surface area contributed by atoms with Crippen molar-refractivity contribution in [2.24, 2.45) is 0 Å². The van der Waals surface area contributed by atoms with E-state index >= 15 is 0 Å². The highest BCUT2D eigenvalue weighted by Crippen LogP contribution is 2.33. The van der Waals surface area contributed by atoms with Gasteiger partial charge in [-0.05, 0) is 37.3 Å². The minimum atomic E-state index is -3.71. The smallest absolute Gasteiger partial charge is 0.251 e. The first kappa shape index (κ1) is 17.8. The van der Waals surface area contributed by atoms with Gasteiger partial charge in [-0.25, -0.2) is 13.4 Å². The maximum Gasteiger partial charge on any atom is 0.265 e. The van der Waals surface area contributed by atoms with Gasteiger partial charge in [-0.15, -0.1) is 16.4 Å². The lowest BCUT2D eigenvalue weighted by Gasteiger charge is -2.17. The van der Waals surface area contributed by atoms with Crippen molar-refractivity contribution in [3.63, 3.8) is 0 Å². The number of rotatable bonds is 3. The fourth-order valence-corrected chi connectivity index (χ4v) is 4.53. The molecule has 0 amide bonds. The molecule has 0 saturated carbocycles. The van der Waals surface area contributed by atoms with Gasteiger partial charge in [0.15, 0.2) is 5.82 Å². The predicted molar refractivity (Wildman–Crippen MR) is 101 cm³/mol. The Bertz CT molecular complexity index is 1020.